The molecule has 5 nitrogen and oxygen atoms in total. The summed E-state index contributed by atoms with van der Waals surface area (Å²) in [6, 6.07) is 17.4. The predicted octanol–water partition coefficient (Wildman–Crippen LogP) is 4.69. The van der Waals surface area contributed by atoms with Crippen LogP contribution in [0.3, 0.4) is 0 Å². The second kappa shape index (κ2) is 9.58. The third-order valence-electron chi connectivity index (χ3n) is 5.21. The van der Waals surface area contributed by atoms with Crippen molar-refractivity contribution in [3.05, 3.63) is 88.7 Å². The topological polar surface area (TPSA) is 71.8 Å². The minimum Gasteiger partial charge on any atom is -0.456 e. The number of benzene rings is 2. The standard InChI is InChI=1S/C24H24ClNO4/c25-23-8-5-17(24-13-19(28)12-22(15-27)30-24)11-18(23)10-16-3-6-20(7-4-16)29-21-2-1-9-26-14-21/h1-9,11,14,19,22,24,27-28H,10,12-13,15H2. The van der Waals surface area contributed by atoms with E-state index >= 15 is 0 Å². The highest BCUT2D eigenvalue weighted by molar-refractivity contribution is 6.31. The lowest BCUT2D eigenvalue weighted by Crippen LogP contribution is -2.33. The van der Waals surface area contributed by atoms with Crippen molar-refractivity contribution in [3.8, 4) is 11.5 Å². The zero-order valence-corrected chi connectivity index (χ0v) is 17.2. The van der Waals surface area contributed by atoms with Gasteiger partial charge in [-0.25, -0.2) is 0 Å². The Bertz CT molecular complexity index is 965. The Kier molecular flexibility index (Phi) is 6.65. The molecule has 4 rings (SSSR count). The van der Waals surface area contributed by atoms with Crippen LogP contribution in [0, 0.1) is 0 Å². The molecule has 6 heteroatoms. The molecular weight excluding hydrogens is 402 g/mol. The maximum Gasteiger partial charge on any atom is 0.145 e. The highest BCUT2D eigenvalue weighted by Gasteiger charge is 2.29. The molecule has 2 N–H and O–H groups in total. The number of aliphatic hydroxyl groups excluding tert-OH is 2. The van der Waals surface area contributed by atoms with Crippen LogP contribution in [0.1, 0.15) is 35.6 Å². The van der Waals surface area contributed by atoms with Gasteiger partial charge in [0.1, 0.15) is 11.5 Å². The summed E-state index contributed by atoms with van der Waals surface area (Å²) in [5.74, 6) is 1.43. The van der Waals surface area contributed by atoms with Crippen LogP contribution in [-0.2, 0) is 11.2 Å². The van der Waals surface area contributed by atoms with Crippen LogP contribution in [0.2, 0.25) is 5.02 Å². The Balaban J connectivity index is 1.47. The van der Waals surface area contributed by atoms with Gasteiger partial charge in [-0.1, -0.05) is 35.9 Å². The molecule has 3 aromatic rings. The molecule has 1 fully saturated rings. The Hall–Kier alpha value is -2.44. The first kappa shape index (κ1) is 20.8. The fourth-order valence-electron chi connectivity index (χ4n) is 3.69. The number of hydrogen-bond donors (Lipinski definition) is 2. The first-order valence-corrected chi connectivity index (χ1v) is 10.4. The van der Waals surface area contributed by atoms with Crippen molar-refractivity contribution in [1.29, 1.82) is 0 Å². The third-order valence-corrected chi connectivity index (χ3v) is 5.58. The van der Waals surface area contributed by atoms with Crippen molar-refractivity contribution in [3.63, 3.8) is 0 Å². The van der Waals surface area contributed by atoms with Crippen LogP contribution in [0.4, 0.5) is 0 Å². The molecule has 3 unspecified atom stereocenters. The molecule has 3 atom stereocenters. The molecule has 2 aromatic carbocycles. The van der Waals surface area contributed by atoms with Gasteiger partial charge in [0.2, 0.25) is 0 Å². The van der Waals surface area contributed by atoms with Gasteiger partial charge < -0.3 is 19.7 Å². The first-order chi connectivity index (χ1) is 14.6. The van der Waals surface area contributed by atoms with Crippen molar-refractivity contribution < 1.29 is 19.7 Å². The van der Waals surface area contributed by atoms with Crippen LogP contribution < -0.4 is 4.74 Å². The lowest BCUT2D eigenvalue weighted by atomic mass is 9.94. The molecular formula is C24H24ClNO4. The summed E-state index contributed by atoms with van der Waals surface area (Å²) in [5.41, 5.74) is 3.05. The number of aromatic nitrogens is 1. The van der Waals surface area contributed by atoms with Gasteiger partial charge in [-0.05, 0) is 53.4 Å². The highest BCUT2D eigenvalue weighted by Crippen LogP contribution is 2.34. The van der Waals surface area contributed by atoms with Crippen molar-refractivity contribution in [2.24, 2.45) is 0 Å². The van der Waals surface area contributed by atoms with E-state index in [-0.39, 0.29) is 18.8 Å². The van der Waals surface area contributed by atoms with E-state index in [1.54, 1.807) is 12.4 Å². The highest BCUT2D eigenvalue weighted by atomic mass is 35.5. The van der Waals surface area contributed by atoms with Gasteiger partial charge in [0, 0.05) is 24.1 Å². The van der Waals surface area contributed by atoms with Crippen molar-refractivity contribution >= 4 is 11.6 Å². The third kappa shape index (κ3) is 5.18. The van der Waals surface area contributed by atoms with Crippen molar-refractivity contribution in [2.45, 2.75) is 37.6 Å². The van der Waals surface area contributed by atoms with Crippen LogP contribution >= 0.6 is 11.6 Å². The number of ether oxygens (including phenoxy) is 2. The minimum atomic E-state index is -0.479. The van der Waals surface area contributed by atoms with E-state index in [0.29, 0.717) is 30.0 Å². The minimum absolute atomic E-state index is 0.0958. The second-order valence-corrected chi connectivity index (χ2v) is 7.92. The predicted molar refractivity (Wildman–Crippen MR) is 115 cm³/mol. The number of hydrogen-bond acceptors (Lipinski definition) is 5. The Morgan fingerprint density at radius 1 is 1.07 bits per heavy atom. The van der Waals surface area contributed by atoms with E-state index in [9.17, 15) is 10.2 Å². The Morgan fingerprint density at radius 3 is 2.63 bits per heavy atom. The van der Waals surface area contributed by atoms with Gasteiger partial charge in [0.15, 0.2) is 0 Å². The molecule has 1 saturated heterocycles. The van der Waals surface area contributed by atoms with Gasteiger partial charge in [0.05, 0.1) is 31.1 Å². The van der Waals surface area contributed by atoms with E-state index in [1.807, 2.05) is 54.6 Å². The van der Waals surface area contributed by atoms with E-state index < -0.39 is 6.10 Å². The summed E-state index contributed by atoms with van der Waals surface area (Å²) in [6.45, 7) is -0.0958. The van der Waals surface area contributed by atoms with Gasteiger partial charge in [-0.15, -0.1) is 0 Å². The molecule has 156 valence electrons. The van der Waals surface area contributed by atoms with Gasteiger partial charge in [0.25, 0.3) is 0 Å². The summed E-state index contributed by atoms with van der Waals surface area (Å²) in [7, 11) is 0. The smallest absolute Gasteiger partial charge is 0.145 e. The van der Waals surface area contributed by atoms with Gasteiger partial charge in [-0.2, -0.15) is 0 Å². The number of aliphatic hydroxyl groups is 2. The number of halogens is 1. The molecule has 0 saturated carbocycles. The van der Waals surface area contributed by atoms with E-state index in [0.717, 1.165) is 22.4 Å². The molecule has 2 heterocycles. The first-order valence-electron chi connectivity index (χ1n) is 10.00. The van der Waals surface area contributed by atoms with Crippen LogP contribution in [0.25, 0.3) is 0 Å². The largest absolute Gasteiger partial charge is 0.456 e. The molecule has 1 aliphatic rings. The molecule has 0 radical (unpaired) electrons. The normalized spacial score (nSPS) is 21.4. The summed E-state index contributed by atoms with van der Waals surface area (Å²) in [5, 5.41) is 20.2. The van der Waals surface area contributed by atoms with Gasteiger partial charge in [-0.3, -0.25) is 4.98 Å². The number of pyridine rings is 1. The second-order valence-electron chi connectivity index (χ2n) is 7.52. The molecule has 0 spiro atoms. The van der Waals surface area contributed by atoms with Gasteiger partial charge >= 0.3 is 0 Å². The molecule has 0 aliphatic carbocycles. The maximum atomic E-state index is 10.1. The Labute approximate surface area is 180 Å². The fourth-order valence-corrected chi connectivity index (χ4v) is 3.88. The van der Waals surface area contributed by atoms with Crippen molar-refractivity contribution in [1.82, 2.24) is 4.98 Å². The van der Waals surface area contributed by atoms with E-state index in [4.69, 9.17) is 21.1 Å². The summed E-state index contributed by atoms with van der Waals surface area (Å²) in [6.07, 6.45) is 3.94. The zero-order valence-electron chi connectivity index (χ0n) is 16.4. The monoisotopic (exact) mass is 425 g/mol. The van der Waals surface area contributed by atoms with Crippen molar-refractivity contribution in [2.75, 3.05) is 6.61 Å². The van der Waals surface area contributed by atoms with E-state index in [1.165, 1.54) is 0 Å². The summed E-state index contributed by atoms with van der Waals surface area (Å²) < 4.78 is 11.7. The summed E-state index contributed by atoms with van der Waals surface area (Å²) >= 11 is 6.45. The van der Waals surface area contributed by atoms with Crippen LogP contribution in [0.5, 0.6) is 11.5 Å². The number of rotatable bonds is 6. The molecule has 0 bridgehead atoms. The molecule has 30 heavy (non-hydrogen) atoms. The summed E-state index contributed by atoms with van der Waals surface area (Å²) in [4.78, 5) is 4.05. The number of nitrogens with zero attached hydrogens (tertiary/aromatic N) is 1. The zero-order chi connectivity index (χ0) is 20.9. The van der Waals surface area contributed by atoms with Crippen LogP contribution in [-0.4, -0.2) is 34.0 Å². The SMILES string of the molecule is OCC1CC(O)CC(c2ccc(Cl)c(Cc3ccc(Oc4cccnc4)cc3)c2)O1. The Morgan fingerprint density at radius 2 is 1.90 bits per heavy atom. The van der Waals surface area contributed by atoms with Crippen LogP contribution in [0.15, 0.2) is 67.0 Å². The lowest BCUT2D eigenvalue weighted by molar-refractivity contribution is -0.113. The molecule has 0 amide bonds. The van der Waals surface area contributed by atoms with E-state index in [2.05, 4.69) is 4.98 Å². The molecule has 1 aliphatic heterocycles. The lowest BCUT2D eigenvalue weighted by Gasteiger charge is -2.32. The average Bonchev–Trinajstić information content (AvgIpc) is 2.77. The quantitative estimate of drug-likeness (QED) is 0.599. The average molecular weight is 426 g/mol. The molecule has 1 aromatic heterocycles. The fraction of sp³-hybridized carbons (Fsp3) is 0.292. The maximum absolute atomic E-state index is 10.1.